The first kappa shape index (κ1) is 13.1. The lowest BCUT2D eigenvalue weighted by Crippen LogP contribution is -2.31. The molecule has 0 amide bonds. The molecule has 0 fully saturated rings. The minimum Gasteiger partial charge on any atom is -0.480 e. The Bertz CT molecular complexity index is 534. The first-order valence-electron chi connectivity index (χ1n) is 6.25. The summed E-state index contributed by atoms with van der Waals surface area (Å²) in [6, 6.07) is 16.7. The molecule has 2 N–H and O–H groups in total. The van der Waals surface area contributed by atoms with E-state index in [0.717, 1.165) is 16.8 Å². The van der Waals surface area contributed by atoms with E-state index >= 15 is 0 Å². The fourth-order valence-corrected chi connectivity index (χ4v) is 1.90. The molecule has 0 saturated heterocycles. The van der Waals surface area contributed by atoms with Gasteiger partial charge in [0.2, 0.25) is 0 Å². The Kier molecular flexibility index (Phi) is 4.18. The number of nitrogens with one attached hydrogen (secondary N) is 1. The van der Waals surface area contributed by atoms with E-state index in [-0.39, 0.29) is 0 Å². The third-order valence-electron chi connectivity index (χ3n) is 2.97. The number of carboxylic acids is 1. The van der Waals surface area contributed by atoms with Crippen LogP contribution in [0.1, 0.15) is 11.1 Å². The lowest BCUT2D eigenvalue weighted by molar-refractivity contribution is -0.137. The highest BCUT2D eigenvalue weighted by atomic mass is 16.4. The molecule has 3 heteroatoms. The molecule has 19 heavy (non-hydrogen) atoms. The van der Waals surface area contributed by atoms with Crippen molar-refractivity contribution in [3.63, 3.8) is 0 Å². The molecule has 2 aromatic rings. The summed E-state index contributed by atoms with van der Waals surface area (Å²) in [7, 11) is 0. The number of hydrogen-bond acceptors (Lipinski definition) is 2. The molecule has 0 aliphatic heterocycles. The van der Waals surface area contributed by atoms with Gasteiger partial charge in [0.25, 0.3) is 0 Å². The molecular weight excluding hydrogens is 238 g/mol. The van der Waals surface area contributed by atoms with E-state index in [2.05, 4.69) is 5.32 Å². The Labute approximate surface area is 112 Å². The number of rotatable bonds is 5. The number of benzene rings is 2. The molecule has 0 saturated carbocycles. The quantitative estimate of drug-likeness (QED) is 0.863. The molecule has 0 unspecified atom stereocenters. The Hall–Kier alpha value is -2.29. The second-order valence-corrected chi connectivity index (χ2v) is 4.59. The van der Waals surface area contributed by atoms with Crippen LogP contribution in [-0.4, -0.2) is 17.1 Å². The summed E-state index contributed by atoms with van der Waals surface area (Å²) in [5, 5.41) is 12.3. The van der Waals surface area contributed by atoms with Crippen molar-refractivity contribution >= 4 is 11.7 Å². The maximum absolute atomic E-state index is 11.3. The molecule has 2 aromatic carbocycles. The van der Waals surface area contributed by atoms with Crippen molar-refractivity contribution in [1.82, 2.24) is 0 Å². The van der Waals surface area contributed by atoms with Gasteiger partial charge in [-0.15, -0.1) is 0 Å². The van der Waals surface area contributed by atoms with Gasteiger partial charge in [-0.1, -0.05) is 48.0 Å². The summed E-state index contributed by atoms with van der Waals surface area (Å²) in [6.07, 6.45) is 0.462. The Morgan fingerprint density at radius 2 is 1.74 bits per heavy atom. The maximum Gasteiger partial charge on any atom is 0.326 e. The summed E-state index contributed by atoms with van der Waals surface area (Å²) >= 11 is 0. The molecule has 98 valence electrons. The van der Waals surface area contributed by atoms with E-state index in [1.807, 2.05) is 61.5 Å². The van der Waals surface area contributed by atoms with E-state index in [1.54, 1.807) is 0 Å². The predicted octanol–water partition coefficient (Wildman–Crippen LogP) is 3.10. The standard InChI is InChI=1S/C16H17NO2/c1-12-7-9-14(10-8-12)17-15(16(18)19)11-13-5-3-2-4-6-13/h2-10,15,17H,11H2,1H3,(H,18,19)/t15-/m1/s1. The SMILES string of the molecule is Cc1ccc(N[C@H](Cc2ccccc2)C(=O)O)cc1. The average molecular weight is 255 g/mol. The third kappa shape index (κ3) is 3.85. The van der Waals surface area contributed by atoms with Gasteiger partial charge in [0.1, 0.15) is 6.04 Å². The van der Waals surface area contributed by atoms with Crippen molar-refractivity contribution in [2.24, 2.45) is 0 Å². The van der Waals surface area contributed by atoms with E-state index < -0.39 is 12.0 Å². The summed E-state index contributed by atoms with van der Waals surface area (Å²) in [6.45, 7) is 2.00. The van der Waals surface area contributed by atoms with Crippen LogP contribution in [0.4, 0.5) is 5.69 Å². The Morgan fingerprint density at radius 1 is 1.11 bits per heavy atom. The van der Waals surface area contributed by atoms with Crippen LogP contribution in [0.3, 0.4) is 0 Å². The van der Waals surface area contributed by atoms with Gasteiger partial charge in [-0.25, -0.2) is 4.79 Å². The number of aliphatic carboxylic acids is 1. The minimum atomic E-state index is -0.843. The van der Waals surface area contributed by atoms with Crippen molar-refractivity contribution in [2.75, 3.05) is 5.32 Å². The summed E-state index contributed by atoms with van der Waals surface area (Å²) in [5.41, 5.74) is 2.99. The fourth-order valence-electron chi connectivity index (χ4n) is 1.90. The lowest BCUT2D eigenvalue weighted by Gasteiger charge is -2.16. The van der Waals surface area contributed by atoms with E-state index in [4.69, 9.17) is 0 Å². The predicted molar refractivity (Wildman–Crippen MR) is 76.4 cm³/mol. The zero-order chi connectivity index (χ0) is 13.7. The normalized spacial score (nSPS) is 11.8. The molecule has 0 aromatic heterocycles. The molecular formula is C16H17NO2. The van der Waals surface area contributed by atoms with Crippen LogP contribution in [0.2, 0.25) is 0 Å². The maximum atomic E-state index is 11.3. The molecule has 0 heterocycles. The van der Waals surface area contributed by atoms with E-state index in [0.29, 0.717) is 6.42 Å². The van der Waals surface area contributed by atoms with Gasteiger partial charge >= 0.3 is 5.97 Å². The van der Waals surface area contributed by atoms with Crippen LogP contribution in [0, 0.1) is 6.92 Å². The minimum absolute atomic E-state index is 0.462. The number of hydrogen-bond donors (Lipinski definition) is 2. The van der Waals surface area contributed by atoms with Crippen LogP contribution in [0.15, 0.2) is 54.6 Å². The number of anilines is 1. The number of aryl methyl sites for hydroxylation is 1. The topological polar surface area (TPSA) is 49.3 Å². The summed E-state index contributed by atoms with van der Waals surface area (Å²) in [4.78, 5) is 11.3. The monoisotopic (exact) mass is 255 g/mol. The van der Waals surface area contributed by atoms with Crippen molar-refractivity contribution in [2.45, 2.75) is 19.4 Å². The Balaban J connectivity index is 2.08. The Morgan fingerprint density at radius 3 is 2.32 bits per heavy atom. The van der Waals surface area contributed by atoms with Gasteiger partial charge in [0.15, 0.2) is 0 Å². The largest absolute Gasteiger partial charge is 0.480 e. The van der Waals surface area contributed by atoms with Gasteiger partial charge in [0.05, 0.1) is 0 Å². The molecule has 0 aliphatic rings. The van der Waals surface area contributed by atoms with Crippen LogP contribution in [-0.2, 0) is 11.2 Å². The molecule has 2 rings (SSSR count). The smallest absolute Gasteiger partial charge is 0.326 e. The van der Waals surface area contributed by atoms with E-state index in [1.165, 1.54) is 0 Å². The summed E-state index contributed by atoms with van der Waals surface area (Å²) in [5.74, 6) is -0.843. The highest BCUT2D eigenvalue weighted by Gasteiger charge is 2.17. The zero-order valence-corrected chi connectivity index (χ0v) is 10.8. The first-order chi connectivity index (χ1) is 9.15. The molecule has 1 atom stereocenters. The van der Waals surface area contributed by atoms with Gasteiger partial charge in [0, 0.05) is 12.1 Å². The van der Waals surface area contributed by atoms with Crippen molar-refractivity contribution in [1.29, 1.82) is 0 Å². The number of carboxylic acid groups (broad SMARTS) is 1. The molecule has 0 radical (unpaired) electrons. The highest BCUT2D eigenvalue weighted by molar-refractivity contribution is 5.77. The molecule has 0 aliphatic carbocycles. The molecule has 0 bridgehead atoms. The zero-order valence-electron chi connectivity index (χ0n) is 10.8. The van der Waals surface area contributed by atoms with Gasteiger partial charge in [-0.2, -0.15) is 0 Å². The van der Waals surface area contributed by atoms with Crippen molar-refractivity contribution in [3.8, 4) is 0 Å². The van der Waals surface area contributed by atoms with Gasteiger partial charge in [-0.05, 0) is 24.6 Å². The first-order valence-corrected chi connectivity index (χ1v) is 6.25. The van der Waals surface area contributed by atoms with Gasteiger partial charge < -0.3 is 10.4 Å². The van der Waals surface area contributed by atoms with Crippen LogP contribution in [0.25, 0.3) is 0 Å². The van der Waals surface area contributed by atoms with Gasteiger partial charge in [-0.3, -0.25) is 0 Å². The summed E-state index contributed by atoms with van der Waals surface area (Å²) < 4.78 is 0. The van der Waals surface area contributed by atoms with Crippen molar-refractivity contribution in [3.05, 3.63) is 65.7 Å². The fraction of sp³-hybridized carbons (Fsp3) is 0.188. The second-order valence-electron chi connectivity index (χ2n) is 4.59. The average Bonchev–Trinajstić information content (AvgIpc) is 2.41. The number of carbonyl (C=O) groups is 1. The van der Waals surface area contributed by atoms with Crippen LogP contribution >= 0.6 is 0 Å². The molecule has 0 spiro atoms. The van der Waals surface area contributed by atoms with Crippen molar-refractivity contribution < 1.29 is 9.90 Å². The molecule has 3 nitrogen and oxygen atoms in total. The second kappa shape index (κ2) is 6.05. The highest BCUT2D eigenvalue weighted by Crippen LogP contribution is 2.13. The van der Waals surface area contributed by atoms with Crippen LogP contribution < -0.4 is 5.32 Å². The van der Waals surface area contributed by atoms with Crippen LogP contribution in [0.5, 0.6) is 0 Å². The van der Waals surface area contributed by atoms with E-state index in [9.17, 15) is 9.90 Å². The lowest BCUT2D eigenvalue weighted by atomic mass is 10.1. The third-order valence-corrected chi connectivity index (χ3v) is 2.97.